The van der Waals surface area contributed by atoms with Crippen molar-refractivity contribution in [3.8, 4) is 11.5 Å². The highest BCUT2D eigenvalue weighted by Crippen LogP contribution is 2.28. The van der Waals surface area contributed by atoms with Gasteiger partial charge in [-0.15, -0.1) is 0 Å². The molecular formula is C33H50O3. The first-order valence-corrected chi connectivity index (χ1v) is 14.8. The highest BCUT2D eigenvalue weighted by Gasteiger charge is 2.18. The Morgan fingerprint density at radius 3 is 1.78 bits per heavy atom. The summed E-state index contributed by atoms with van der Waals surface area (Å²) in [5, 5.41) is 9.67. The molecule has 2 aromatic carbocycles. The molecule has 3 heteroatoms. The van der Waals surface area contributed by atoms with Crippen molar-refractivity contribution in [2.75, 3.05) is 6.61 Å². The zero-order chi connectivity index (χ0) is 25.3. The van der Waals surface area contributed by atoms with E-state index in [0.29, 0.717) is 6.61 Å². The average Bonchev–Trinajstić information content (AvgIpc) is 2.91. The predicted octanol–water partition coefficient (Wildman–Crippen LogP) is 9.05. The summed E-state index contributed by atoms with van der Waals surface area (Å²) in [6.45, 7) is 3.66. The van der Waals surface area contributed by atoms with E-state index in [0.717, 1.165) is 55.3 Å². The lowest BCUT2D eigenvalue weighted by molar-refractivity contribution is 0.106. The van der Waals surface area contributed by atoms with Crippen molar-refractivity contribution < 1.29 is 14.6 Å². The minimum atomic E-state index is -0.0595. The van der Waals surface area contributed by atoms with E-state index in [1.165, 1.54) is 82.6 Å². The average molecular weight is 495 g/mol. The molecule has 1 fully saturated rings. The van der Waals surface area contributed by atoms with Gasteiger partial charge in [0.25, 0.3) is 0 Å². The monoisotopic (exact) mass is 494 g/mol. The summed E-state index contributed by atoms with van der Waals surface area (Å²) in [4.78, 5) is 0. The van der Waals surface area contributed by atoms with Crippen LogP contribution in [0.3, 0.4) is 0 Å². The SMILES string of the molecule is CCCCCCCCCCCCOc1ccc(COc2ccc(CCC3CCC(O)CC3)cc2)cc1. The third-order valence-corrected chi connectivity index (χ3v) is 7.68. The summed E-state index contributed by atoms with van der Waals surface area (Å²) in [5.74, 6) is 2.64. The van der Waals surface area contributed by atoms with Crippen LogP contribution in [0, 0.1) is 5.92 Å². The van der Waals surface area contributed by atoms with Gasteiger partial charge in [-0.05, 0) is 86.3 Å². The van der Waals surface area contributed by atoms with Crippen LogP contribution in [-0.4, -0.2) is 17.8 Å². The number of hydrogen-bond acceptors (Lipinski definition) is 3. The Balaban J connectivity index is 1.23. The Bertz CT molecular complexity index is 791. The smallest absolute Gasteiger partial charge is 0.119 e. The van der Waals surface area contributed by atoms with E-state index in [2.05, 4.69) is 55.5 Å². The van der Waals surface area contributed by atoms with Gasteiger partial charge in [0.1, 0.15) is 18.1 Å². The first-order valence-electron chi connectivity index (χ1n) is 14.8. The third kappa shape index (κ3) is 11.8. The number of aryl methyl sites for hydroxylation is 1. The maximum Gasteiger partial charge on any atom is 0.119 e. The van der Waals surface area contributed by atoms with Crippen LogP contribution in [0.5, 0.6) is 11.5 Å². The van der Waals surface area contributed by atoms with Crippen molar-refractivity contribution in [2.24, 2.45) is 5.92 Å². The first-order chi connectivity index (χ1) is 17.7. The van der Waals surface area contributed by atoms with Crippen molar-refractivity contribution in [1.82, 2.24) is 0 Å². The second kappa shape index (κ2) is 17.5. The predicted molar refractivity (Wildman–Crippen MR) is 151 cm³/mol. The van der Waals surface area contributed by atoms with Gasteiger partial charge in [0.15, 0.2) is 0 Å². The van der Waals surface area contributed by atoms with E-state index < -0.39 is 0 Å². The number of aliphatic hydroxyl groups excluding tert-OH is 1. The summed E-state index contributed by atoms with van der Waals surface area (Å²) in [6, 6.07) is 16.9. The lowest BCUT2D eigenvalue weighted by Gasteiger charge is -2.25. The highest BCUT2D eigenvalue weighted by atomic mass is 16.5. The minimum absolute atomic E-state index is 0.0595. The van der Waals surface area contributed by atoms with Gasteiger partial charge in [-0.25, -0.2) is 0 Å². The normalized spacial score (nSPS) is 17.7. The van der Waals surface area contributed by atoms with Gasteiger partial charge in [0.05, 0.1) is 12.7 Å². The molecule has 0 saturated heterocycles. The summed E-state index contributed by atoms with van der Waals surface area (Å²) in [5.41, 5.74) is 2.53. The Morgan fingerprint density at radius 2 is 1.17 bits per heavy atom. The standard InChI is InChI=1S/C33H50O3/c1-2-3-4-5-6-7-8-9-10-11-26-35-32-24-18-30(19-25-32)27-36-33-22-16-29(17-23-33)13-12-28-14-20-31(34)21-15-28/h16-19,22-25,28,31,34H,2-15,20-21,26-27H2,1H3. The topological polar surface area (TPSA) is 38.7 Å². The van der Waals surface area contributed by atoms with Crippen LogP contribution in [0.15, 0.2) is 48.5 Å². The van der Waals surface area contributed by atoms with E-state index in [1.54, 1.807) is 0 Å². The molecule has 1 N–H and O–H groups in total. The second-order valence-corrected chi connectivity index (χ2v) is 10.8. The quantitative estimate of drug-likeness (QED) is 0.210. The van der Waals surface area contributed by atoms with Gasteiger partial charge in [-0.3, -0.25) is 0 Å². The molecule has 0 radical (unpaired) electrons. The van der Waals surface area contributed by atoms with Crippen LogP contribution in [0.4, 0.5) is 0 Å². The van der Waals surface area contributed by atoms with Crippen LogP contribution in [0.2, 0.25) is 0 Å². The minimum Gasteiger partial charge on any atom is -0.494 e. The molecule has 36 heavy (non-hydrogen) atoms. The number of benzene rings is 2. The molecule has 0 amide bonds. The van der Waals surface area contributed by atoms with Gasteiger partial charge < -0.3 is 14.6 Å². The lowest BCUT2D eigenvalue weighted by atomic mass is 9.84. The largest absolute Gasteiger partial charge is 0.494 e. The molecule has 0 aliphatic heterocycles. The van der Waals surface area contributed by atoms with Gasteiger partial charge in [0, 0.05) is 0 Å². The van der Waals surface area contributed by atoms with Crippen LogP contribution < -0.4 is 9.47 Å². The molecule has 0 atom stereocenters. The summed E-state index contributed by atoms with van der Waals surface area (Å²) in [6.07, 6.45) is 20.0. The van der Waals surface area contributed by atoms with Gasteiger partial charge in [0.2, 0.25) is 0 Å². The molecule has 0 spiro atoms. The molecular weight excluding hydrogens is 444 g/mol. The second-order valence-electron chi connectivity index (χ2n) is 10.8. The number of rotatable bonds is 18. The van der Waals surface area contributed by atoms with Gasteiger partial charge in [-0.1, -0.05) is 89.0 Å². The zero-order valence-electron chi connectivity index (χ0n) is 22.8. The summed E-state index contributed by atoms with van der Waals surface area (Å²) < 4.78 is 11.9. The maximum absolute atomic E-state index is 9.67. The van der Waals surface area contributed by atoms with Crippen LogP contribution in [0.1, 0.15) is 114 Å². The van der Waals surface area contributed by atoms with E-state index >= 15 is 0 Å². The highest BCUT2D eigenvalue weighted by molar-refractivity contribution is 5.29. The molecule has 1 saturated carbocycles. The Hall–Kier alpha value is -2.00. The number of aliphatic hydroxyl groups is 1. The molecule has 3 nitrogen and oxygen atoms in total. The van der Waals surface area contributed by atoms with Crippen molar-refractivity contribution in [1.29, 1.82) is 0 Å². The van der Waals surface area contributed by atoms with E-state index in [9.17, 15) is 5.11 Å². The molecule has 0 bridgehead atoms. The fraction of sp³-hybridized carbons (Fsp3) is 0.636. The third-order valence-electron chi connectivity index (χ3n) is 7.68. The van der Waals surface area contributed by atoms with Crippen molar-refractivity contribution in [3.63, 3.8) is 0 Å². The van der Waals surface area contributed by atoms with Crippen molar-refractivity contribution >= 4 is 0 Å². The molecule has 200 valence electrons. The Morgan fingerprint density at radius 1 is 0.639 bits per heavy atom. The fourth-order valence-electron chi connectivity index (χ4n) is 5.18. The molecule has 0 aromatic heterocycles. The molecule has 0 unspecified atom stereocenters. The summed E-state index contributed by atoms with van der Waals surface area (Å²) in [7, 11) is 0. The molecule has 1 aliphatic carbocycles. The molecule has 2 aromatic rings. The molecule has 0 heterocycles. The van der Waals surface area contributed by atoms with Gasteiger partial charge in [-0.2, -0.15) is 0 Å². The van der Waals surface area contributed by atoms with Gasteiger partial charge >= 0.3 is 0 Å². The van der Waals surface area contributed by atoms with E-state index in [-0.39, 0.29) is 6.10 Å². The zero-order valence-corrected chi connectivity index (χ0v) is 22.8. The van der Waals surface area contributed by atoms with Crippen LogP contribution in [-0.2, 0) is 13.0 Å². The van der Waals surface area contributed by atoms with Crippen LogP contribution >= 0.6 is 0 Å². The first kappa shape index (κ1) is 28.6. The molecule has 3 rings (SSSR count). The maximum atomic E-state index is 9.67. The Labute approximate surface area is 220 Å². The molecule has 1 aliphatic rings. The van der Waals surface area contributed by atoms with Crippen LogP contribution in [0.25, 0.3) is 0 Å². The van der Waals surface area contributed by atoms with Crippen molar-refractivity contribution in [3.05, 3.63) is 59.7 Å². The lowest BCUT2D eigenvalue weighted by Crippen LogP contribution is -2.18. The summed E-state index contributed by atoms with van der Waals surface area (Å²) >= 11 is 0. The number of unbranched alkanes of at least 4 members (excludes halogenated alkanes) is 9. The van der Waals surface area contributed by atoms with E-state index in [4.69, 9.17) is 9.47 Å². The number of ether oxygens (including phenoxy) is 2. The number of hydrogen-bond donors (Lipinski definition) is 1. The van der Waals surface area contributed by atoms with Crippen molar-refractivity contribution in [2.45, 2.75) is 122 Å². The Kier molecular flexibility index (Phi) is 13.9. The van der Waals surface area contributed by atoms with E-state index in [1.807, 2.05) is 0 Å². The fourth-order valence-corrected chi connectivity index (χ4v) is 5.18.